The smallest absolute Gasteiger partial charge is 0.339 e. The molecule has 254 valence electrons. The van der Waals surface area contributed by atoms with Crippen LogP contribution in [0.25, 0.3) is 5.69 Å². The summed E-state index contributed by atoms with van der Waals surface area (Å²) in [7, 11) is 3.71. The van der Waals surface area contributed by atoms with Crippen LogP contribution in [-0.4, -0.2) is 65.5 Å². The van der Waals surface area contributed by atoms with E-state index in [2.05, 4.69) is 11.4 Å². The van der Waals surface area contributed by atoms with E-state index in [1.165, 1.54) is 39.9 Å². The highest BCUT2D eigenvalue weighted by Crippen LogP contribution is 2.44. The van der Waals surface area contributed by atoms with Gasteiger partial charge in [0.1, 0.15) is 23.4 Å². The predicted molar refractivity (Wildman–Crippen MR) is 174 cm³/mol. The summed E-state index contributed by atoms with van der Waals surface area (Å²) in [5.74, 6) is -4.12. The highest BCUT2D eigenvalue weighted by atomic mass is 19.4. The van der Waals surface area contributed by atoms with Gasteiger partial charge < -0.3 is 10.2 Å². The molecule has 0 unspecified atom stereocenters. The van der Waals surface area contributed by atoms with Gasteiger partial charge in [0.25, 0.3) is 11.8 Å². The van der Waals surface area contributed by atoms with Gasteiger partial charge in [-0.2, -0.15) is 23.5 Å². The molecule has 4 aromatic rings. The van der Waals surface area contributed by atoms with E-state index in [4.69, 9.17) is 5.10 Å². The third-order valence-electron chi connectivity index (χ3n) is 8.42. The molecule has 2 amide bonds. The third kappa shape index (κ3) is 7.39. The average Bonchev–Trinajstić information content (AvgIpc) is 3.47. The van der Waals surface area contributed by atoms with Gasteiger partial charge in [0.2, 0.25) is 0 Å². The summed E-state index contributed by atoms with van der Waals surface area (Å²) < 4.78 is 56.2. The van der Waals surface area contributed by atoms with E-state index in [0.29, 0.717) is 30.3 Å². The van der Waals surface area contributed by atoms with Crippen molar-refractivity contribution >= 4 is 23.4 Å². The van der Waals surface area contributed by atoms with E-state index < -0.39 is 53.0 Å². The van der Waals surface area contributed by atoms with Gasteiger partial charge in [-0.1, -0.05) is 36.4 Å². The quantitative estimate of drug-likeness (QED) is 0.155. The van der Waals surface area contributed by atoms with Crippen molar-refractivity contribution in [3.8, 4) is 11.8 Å². The van der Waals surface area contributed by atoms with Gasteiger partial charge in [-0.25, -0.2) is 9.07 Å². The molecular formula is C36H34F4N6O3. The first-order chi connectivity index (χ1) is 23.3. The van der Waals surface area contributed by atoms with Crippen molar-refractivity contribution in [1.29, 1.82) is 5.26 Å². The lowest BCUT2D eigenvalue weighted by Gasteiger charge is -2.38. The zero-order valence-electron chi connectivity index (χ0n) is 27.0. The maximum absolute atomic E-state index is 14.4. The number of nitrogens with zero attached hydrogens (tertiary/aromatic N) is 5. The fourth-order valence-electron chi connectivity index (χ4n) is 5.99. The fraction of sp³-hybridized carbons (Fsp3) is 0.306. The maximum Gasteiger partial charge on any atom is 0.416 e. The molecule has 3 aromatic carbocycles. The molecule has 1 aromatic heterocycles. The summed E-state index contributed by atoms with van der Waals surface area (Å²) in [5.41, 5.74) is -0.266. The predicted octanol–water partition coefficient (Wildman–Crippen LogP) is 5.99. The number of fused-ring (bicyclic) bond motifs is 1. The number of amides is 2. The van der Waals surface area contributed by atoms with Crippen LogP contribution in [0, 0.1) is 23.1 Å². The molecular weight excluding hydrogens is 640 g/mol. The summed E-state index contributed by atoms with van der Waals surface area (Å²) in [6.45, 7) is 2.33. The number of hydrogen-bond donors (Lipinski definition) is 1. The van der Waals surface area contributed by atoms with Crippen molar-refractivity contribution in [2.75, 3.05) is 32.1 Å². The van der Waals surface area contributed by atoms with Crippen molar-refractivity contribution in [3.05, 3.63) is 113 Å². The molecule has 1 aliphatic rings. The molecule has 1 N–H and O–H groups in total. The number of benzene rings is 3. The van der Waals surface area contributed by atoms with Crippen molar-refractivity contribution < 1.29 is 31.9 Å². The summed E-state index contributed by atoms with van der Waals surface area (Å²) in [4.78, 5) is 45.4. The Morgan fingerprint density at radius 2 is 1.73 bits per heavy atom. The maximum atomic E-state index is 14.4. The molecule has 0 spiro atoms. The van der Waals surface area contributed by atoms with Gasteiger partial charge in [-0.15, -0.1) is 0 Å². The lowest BCUT2D eigenvalue weighted by atomic mass is 9.79. The molecule has 13 heteroatoms. The minimum Gasteiger partial charge on any atom is -0.339 e. The number of anilines is 1. The summed E-state index contributed by atoms with van der Waals surface area (Å²) in [6, 6.07) is 18.6. The summed E-state index contributed by atoms with van der Waals surface area (Å²) >= 11 is 0. The van der Waals surface area contributed by atoms with Gasteiger partial charge in [-0.05, 0) is 82.0 Å². The Balaban J connectivity index is 1.70. The molecule has 0 saturated heterocycles. The number of likely N-dealkylation sites (N-methyl/N-ethyl adjacent to an activating group) is 1. The highest BCUT2D eigenvalue weighted by molar-refractivity contribution is 6.08. The Hall–Kier alpha value is -5.35. The average molecular weight is 675 g/mol. The van der Waals surface area contributed by atoms with Gasteiger partial charge in [0.05, 0.1) is 23.2 Å². The molecule has 2 heterocycles. The largest absolute Gasteiger partial charge is 0.416 e. The number of nitriles is 1. The standard InChI is InChI=1S/C36H34F4N6O3/c1-4-45-34-30(31(43-46(34)27-11-6-5-7-12-27)28(47)19-22(21-41)17-18-44(2)3)29(23-13-15-26(37)16-14-23)32(35(45)49)42-33(48)24-9-8-10-25(20-24)36(38,39)40/h5-16,20,22,29,32H,4,17-19H2,1-3H3,(H,42,48)/t22-,29-,32-/m0/s1. The number of Topliss-reactive ketones (excluding diaryl/α,β-unsaturated/α-hetero) is 1. The molecule has 0 radical (unpaired) electrons. The normalized spacial score (nSPS) is 16.6. The number of aromatic nitrogens is 2. The number of carbonyl (C=O) groups excluding carboxylic acids is 3. The lowest BCUT2D eigenvalue weighted by molar-refractivity contribution is -0.137. The number of alkyl halides is 3. The van der Waals surface area contributed by atoms with E-state index in [-0.39, 0.29) is 35.6 Å². The fourth-order valence-corrected chi connectivity index (χ4v) is 5.99. The van der Waals surface area contributed by atoms with Gasteiger partial charge >= 0.3 is 6.18 Å². The van der Waals surface area contributed by atoms with Crippen LogP contribution in [0.4, 0.5) is 23.4 Å². The second-order valence-electron chi connectivity index (χ2n) is 12.0. The second-order valence-corrected chi connectivity index (χ2v) is 12.0. The number of hydrogen-bond acceptors (Lipinski definition) is 6. The SMILES string of the molecule is CCN1C(=O)[C@@H](NC(=O)c2cccc(C(F)(F)F)c2)[C@@H](c2ccc(F)cc2)c2c(C(=O)C[C@@H](C#N)CCN(C)C)nn(-c3ccccc3)c21. The third-order valence-corrected chi connectivity index (χ3v) is 8.42. The number of halogens is 4. The summed E-state index contributed by atoms with van der Waals surface area (Å²) in [5, 5.41) is 17.3. The monoisotopic (exact) mass is 674 g/mol. The minimum absolute atomic E-state index is 0.0393. The van der Waals surface area contributed by atoms with Crippen LogP contribution in [0.15, 0.2) is 78.9 Å². The Labute approximate surface area is 280 Å². The minimum atomic E-state index is -4.71. The van der Waals surface area contributed by atoms with E-state index in [9.17, 15) is 37.2 Å². The first kappa shape index (κ1) is 35.0. The van der Waals surface area contributed by atoms with Crippen molar-refractivity contribution in [1.82, 2.24) is 20.0 Å². The second kappa shape index (κ2) is 14.4. The van der Waals surface area contributed by atoms with Crippen LogP contribution in [-0.2, 0) is 11.0 Å². The van der Waals surface area contributed by atoms with Gasteiger partial charge in [0.15, 0.2) is 5.78 Å². The van der Waals surface area contributed by atoms with Crippen molar-refractivity contribution in [3.63, 3.8) is 0 Å². The van der Waals surface area contributed by atoms with Gasteiger partial charge in [-0.3, -0.25) is 19.3 Å². The Kier molecular flexibility index (Phi) is 10.3. The van der Waals surface area contributed by atoms with Crippen LogP contribution >= 0.6 is 0 Å². The Morgan fingerprint density at radius 1 is 1.04 bits per heavy atom. The number of nitrogens with one attached hydrogen (secondary N) is 1. The molecule has 49 heavy (non-hydrogen) atoms. The molecule has 0 bridgehead atoms. The molecule has 9 nitrogen and oxygen atoms in total. The Morgan fingerprint density at radius 3 is 2.35 bits per heavy atom. The van der Waals surface area contributed by atoms with Gasteiger partial charge in [0, 0.05) is 30.0 Å². The molecule has 0 saturated carbocycles. The van der Waals surface area contributed by atoms with Crippen LogP contribution in [0.5, 0.6) is 0 Å². The Bertz CT molecular complexity index is 1880. The van der Waals surface area contributed by atoms with Crippen LogP contribution < -0.4 is 10.2 Å². The molecule has 0 aliphatic carbocycles. The number of rotatable bonds is 11. The lowest BCUT2D eigenvalue weighted by Crippen LogP contribution is -2.55. The molecule has 3 atom stereocenters. The number of carbonyl (C=O) groups is 3. The van der Waals surface area contributed by atoms with Crippen LogP contribution in [0.1, 0.15) is 63.2 Å². The first-order valence-electron chi connectivity index (χ1n) is 15.6. The molecule has 5 rings (SSSR count). The topological polar surface area (TPSA) is 111 Å². The van der Waals surface area contributed by atoms with Crippen LogP contribution in [0.2, 0.25) is 0 Å². The number of ketones is 1. The van der Waals surface area contributed by atoms with Crippen molar-refractivity contribution in [2.45, 2.75) is 37.9 Å². The summed E-state index contributed by atoms with van der Waals surface area (Å²) in [6.07, 6.45) is -4.48. The highest BCUT2D eigenvalue weighted by Gasteiger charge is 2.47. The molecule has 1 aliphatic heterocycles. The van der Waals surface area contributed by atoms with Crippen LogP contribution in [0.3, 0.4) is 0 Å². The van der Waals surface area contributed by atoms with Crippen molar-refractivity contribution in [2.24, 2.45) is 5.92 Å². The zero-order chi connectivity index (χ0) is 35.5. The number of para-hydroxylation sites is 1. The first-order valence-corrected chi connectivity index (χ1v) is 15.6. The van der Waals surface area contributed by atoms with E-state index in [1.807, 2.05) is 19.0 Å². The van der Waals surface area contributed by atoms with E-state index in [0.717, 1.165) is 12.1 Å². The molecule has 0 fully saturated rings. The zero-order valence-corrected chi connectivity index (χ0v) is 27.0. The van der Waals surface area contributed by atoms with E-state index >= 15 is 0 Å². The van der Waals surface area contributed by atoms with E-state index in [1.54, 1.807) is 37.3 Å².